The Bertz CT molecular complexity index is 754. The van der Waals surface area contributed by atoms with Gasteiger partial charge in [0.1, 0.15) is 0 Å². The van der Waals surface area contributed by atoms with Crippen molar-refractivity contribution in [3.8, 4) is 0 Å². The van der Waals surface area contributed by atoms with Crippen molar-refractivity contribution in [2.45, 2.75) is 37.6 Å². The fraction of sp³-hybridized carbons (Fsp3) is 0.632. The third-order valence-electron chi connectivity index (χ3n) is 5.45. The lowest BCUT2D eigenvalue weighted by Crippen LogP contribution is -2.45. The Morgan fingerprint density at radius 3 is 2.52 bits per heavy atom. The minimum Gasteiger partial charge on any atom is -0.379 e. The van der Waals surface area contributed by atoms with Crippen LogP contribution in [0.4, 0.5) is 5.69 Å². The number of nitrogens with zero attached hydrogens (tertiary/aromatic N) is 2. The number of carbonyl (C=O) groups excluding carboxylic acids is 1. The van der Waals surface area contributed by atoms with E-state index in [-0.39, 0.29) is 16.8 Å². The highest BCUT2D eigenvalue weighted by Gasteiger charge is 2.28. The zero-order valence-corrected chi connectivity index (χ0v) is 16.9. The zero-order valence-electron chi connectivity index (χ0n) is 16.1. The molecule has 0 aromatic heterocycles. The van der Waals surface area contributed by atoms with E-state index in [4.69, 9.17) is 4.74 Å². The van der Waals surface area contributed by atoms with Crippen LogP contribution in [0.25, 0.3) is 0 Å². The van der Waals surface area contributed by atoms with Crippen LogP contribution in [0, 0.1) is 5.92 Å². The van der Waals surface area contributed by atoms with Gasteiger partial charge in [0.2, 0.25) is 15.9 Å². The van der Waals surface area contributed by atoms with Gasteiger partial charge in [0.15, 0.2) is 0 Å². The van der Waals surface area contributed by atoms with Gasteiger partial charge in [-0.3, -0.25) is 9.69 Å². The normalized spacial score (nSPS) is 21.7. The summed E-state index contributed by atoms with van der Waals surface area (Å²) in [5, 5.41) is 2.88. The second-order valence-corrected chi connectivity index (χ2v) is 9.37. The monoisotopic (exact) mass is 395 g/mol. The molecule has 0 unspecified atom stereocenters. The van der Waals surface area contributed by atoms with Gasteiger partial charge in [0, 0.05) is 18.8 Å². The predicted molar refractivity (Wildman–Crippen MR) is 104 cm³/mol. The number of anilines is 1. The van der Waals surface area contributed by atoms with Gasteiger partial charge in [0.05, 0.1) is 24.2 Å². The van der Waals surface area contributed by atoms with Crippen LogP contribution in [-0.2, 0) is 19.6 Å². The van der Waals surface area contributed by atoms with Crippen molar-refractivity contribution in [2.75, 3.05) is 44.7 Å². The Morgan fingerprint density at radius 1 is 1.19 bits per heavy atom. The molecule has 1 atom stereocenters. The van der Waals surface area contributed by atoms with Gasteiger partial charge < -0.3 is 10.1 Å². The van der Waals surface area contributed by atoms with Gasteiger partial charge in [-0.05, 0) is 57.0 Å². The molecule has 0 radical (unpaired) electrons. The van der Waals surface area contributed by atoms with Crippen molar-refractivity contribution in [3.63, 3.8) is 0 Å². The van der Waals surface area contributed by atoms with Crippen LogP contribution in [0.2, 0.25) is 0 Å². The number of hydrogen-bond donors (Lipinski definition) is 1. The Hall–Kier alpha value is -1.48. The highest BCUT2D eigenvalue weighted by molar-refractivity contribution is 7.89. The first-order valence-corrected chi connectivity index (χ1v) is 11.0. The minimum atomic E-state index is -3.58. The number of morpholine rings is 1. The molecule has 1 aromatic carbocycles. The average molecular weight is 396 g/mol. The maximum atomic E-state index is 12.8. The summed E-state index contributed by atoms with van der Waals surface area (Å²) < 4.78 is 32.2. The van der Waals surface area contributed by atoms with Crippen LogP contribution in [0.5, 0.6) is 0 Å². The molecule has 27 heavy (non-hydrogen) atoms. The third kappa shape index (κ3) is 4.87. The second kappa shape index (κ2) is 8.68. The molecule has 2 saturated heterocycles. The SMILES string of the molecule is CC1CCN([C@H](C)C(=O)Nc2cccc(S(=O)(=O)N3CCOCC3)c2)CC1. The molecular formula is C19H29N3O4S. The summed E-state index contributed by atoms with van der Waals surface area (Å²) in [6, 6.07) is 6.25. The van der Waals surface area contributed by atoms with E-state index in [0.717, 1.165) is 25.9 Å². The maximum absolute atomic E-state index is 12.8. The Morgan fingerprint density at radius 2 is 1.85 bits per heavy atom. The number of rotatable bonds is 5. The number of likely N-dealkylation sites (tertiary alicyclic amines) is 1. The fourth-order valence-corrected chi connectivity index (χ4v) is 4.95. The second-order valence-electron chi connectivity index (χ2n) is 7.43. The molecule has 0 spiro atoms. The summed E-state index contributed by atoms with van der Waals surface area (Å²) in [5.74, 6) is 0.601. The number of amides is 1. The molecule has 2 fully saturated rings. The van der Waals surface area contributed by atoms with Crippen LogP contribution in [0.15, 0.2) is 29.2 Å². The Labute approximate surface area is 161 Å². The van der Waals surface area contributed by atoms with Gasteiger partial charge >= 0.3 is 0 Å². The van der Waals surface area contributed by atoms with E-state index in [1.54, 1.807) is 18.2 Å². The van der Waals surface area contributed by atoms with Crippen molar-refractivity contribution in [2.24, 2.45) is 5.92 Å². The fourth-order valence-electron chi connectivity index (χ4n) is 3.50. The molecule has 2 heterocycles. The van der Waals surface area contributed by atoms with E-state index in [1.165, 1.54) is 10.4 Å². The van der Waals surface area contributed by atoms with E-state index in [1.807, 2.05) is 6.92 Å². The summed E-state index contributed by atoms with van der Waals surface area (Å²) in [4.78, 5) is 15.0. The minimum absolute atomic E-state index is 0.106. The summed E-state index contributed by atoms with van der Waals surface area (Å²) in [6.45, 7) is 7.49. The summed E-state index contributed by atoms with van der Waals surface area (Å²) in [5.41, 5.74) is 0.506. The maximum Gasteiger partial charge on any atom is 0.243 e. The van der Waals surface area contributed by atoms with Gasteiger partial charge in [-0.25, -0.2) is 8.42 Å². The highest BCUT2D eigenvalue weighted by atomic mass is 32.2. The van der Waals surface area contributed by atoms with E-state index in [2.05, 4.69) is 17.1 Å². The number of carbonyl (C=O) groups is 1. The Kier molecular flexibility index (Phi) is 6.52. The molecule has 150 valence electrons. The van der Waals surface area contributed by atoms with Crippen LogP contribution >= 0.6 is 0 Å². The van der Waals surface area contributed by atoms with Gasteiger partial charge in [-0.15, -0.1) is 0 Å². The predicted octanol–water partition coefficient (Wildman–Crippen LogP) is 1.77. The largest absolute Gasteiger partial charge is 0.379 e. The lowest BCUT2D eigenvalue weighted by molar-refractivity contribution is -0.121. The van der Waals surface area contributed by atoms with Crippen molar-refractivity contribution < 1.29 is 17.9 Å². The molecule has 1 aromatic rings. The van der Waals surface area contributed by atoms with Gasteiger partial charge in [-0.1, -0.05) is 13.0 Å². The first-order chi connectivity index (χ1) is 12.9. The first-order valence-electron chi connectivity index (χ1n) is 9.61. The van der Waals surface area contributed by atoms with Crippen LogP contribution in [-0.4, -0.2) is 69.0 Å². The van der Waals surface area contributed by atoms with Crippen LogP contribution in [0.3, 0.4) is 0 Å². The van der Waals surface area contributed by atoms with Crippen molar-refractivity contribution in [3.05, 3.63) is 24.3 Å². The molecular weight excluding hydrogens is 366 g/mol. The van der Waals surface area contributed by atoms with Crippen LogP contribution in [0.1, 0.15) is 26.7 Å². The summed E-state index contributed by atoms with van der Waals surface area (Å²) >= 11 is 0. The van der Waals surface area contributed by atoms with E-state index < -0.39 is 10.0 Å². The van der Waals surface area contributed by atoms with Gasteiger partial charge in [0.25, 0.3) is 0 Å². The molecule has 0 aliphatic carbocycles. The number of hydrogen-bond acceptors (Lipinski definition) is 5. The number of piperidine rings is 1. The summed E-state index contributed by atoms with van der Waals surface area (Å²) in [6.07, 6.45) is 2.20. The molecule has 2 aliphatic rings. The molecule has 0 saturated carbocycles. The first kappa shape index (κ1) is 20.3. The number of nitrogens with one attached hydrogen (secondary N) is 1. The van der Waals surface area contributed by atoms with Crippen molar-refractivity contribution in [1.29, 1.82) is 0 Å². The topological polar surface area (TPSA) is 79.0 Å². The average Bonchev–Trinajstić information content (AvgIpc) is 2.69. The van der Waals surface area contributed by atoms with Crippen molar-refractivity contribution >= 4 is 21.6 Å². The zero-order chi connectivity index (χ0) is 19.4. The molecule has 1 amide bonds. The Balaban J connectivity index is 1.67. The standard InChI is InChI=1S/C19H29N3O4S/c1-15-6-8-21(9-7-15)16(2)19(23)20-17-4-3-5-18(14-17)27(24,25)22-10-12-26-13-11-22/h3-5,14-16H,6-13H2,1-2H3,(H,20,23)/t16-/m1/s1. The molecule has 1 N–H and O–H groups in total. The van der Waals surface area contributed by atoms with Crippen molar-refractivity contribution in [1.82, 2.24) is 9.21 Å². The quantitative estimate of drug-likeness (QED) is 0.822. The van der Waals surface area contributed by atoms with E-state index in [9.17, 15) is 13.2 Å². The van der Waals surface area contributed by atoms with E-state index in [0.29, 0.717) is 37.9 Å². The van der Waals surface area contributed by atoms with Crippen LogP contribution < -0.4 is 5.32 Å². The molecule has 7 nitrogen and oxygen atoms in total. The third-order valence-corrected chi connectivity index (χ3v) is 7.35. The number of benzene rings is 1. The summed E-state index contributed by atoms with van der Waals surface area (Å²) in [7, 11) is -3.58. The molecule has 3 rings (SSSR count). The lowest BCUT2D eigenvalue weighted by Gasteiger charge is -2.34. The lowest BCUT2D eigenvalue weighted by atomic mass is 9.98. The molecule has 8 heteroatoms. The van der Waals surface area contributed by atoms with E-state index >= 15 is 0 Å². The number of ether oxygens (including phenoxy) is 1. The van der Waals surface area contributed by atoms with Gasteiger partial charge in [-0.2, -0.15) is 4.31 Å². The highest BCUT2D eigenvalue weighted by Crippen LogP contribution is 2.22. The smallest absolute Gasteiger partial charge is 0.243 e. The molecule has 0 bridgehead atoms. The molecule has 2 aliphatic heterocycles. The number of sulfonamides is 1.